The smallest absolute Gasteiger partial charge is 1.00 e. The van der Waals surface area contributed by atoms with Crippen molar-refractivity contribution in [2.45, 2.75) is 0 Å². The fourth-order valence-corrected chi connectivity index (χ4v) is 0. The first-order valence-electron chi connectivity index (χ1n) is 0.200. The second-order valence-corrected chi connectivity index (χ2v) is 0. The molecule has 0 atom stereocenters. The summed E-state index contributed by atoms with van der Waals surface area (Å²) in [4.78, 5) is 0. The number of rotatable bonds is 0. The first-order chi connectivity index (χ1) is 1.00. The maximum absolute atomic E-state index is 3.22. The normalized spacial score (nSPS) is 1.50. The van der Waals surface area contributed by atoms with Crippen LogP contribution >= 0.6 is 23.3 Å². The molecule has 0 saturated carbocycles. The van der Waals surface area contributed by atoms with Crippen molar-refractivity contribution in [3.8, 4) is 0 Å². The topological polar surface area (TPSA) is 0 Å². The van der Waals surface area contributed by atoms with Crippen LogP contribution < -0.4 is 29.6 Å². The molecule has 27 valence electrons. The van der Waals surface area contributed by atoms with Gasteiger partial charge >= 0.3 is 29.6 Å². The largest absolute Gasteiger partial charge is 1.00 e. The second kappa shape index (κ2) is 18.9. The van der Waals surface area contributed by atoms with Crippen LogP contribution in [0.4, 0.5) is 0 Å². The van der Waals surface area contributed by atoms with Crippen LogP contribution in [-0.2, 0) is 17.1 Å². The van der Waals surface area contributed by atoms with Crippen molar-refractivity contribution in [3.05, 3.63) is 0 Å². The SMILES string of the molecule is SS.[Cu].[H-].[Na+]. The predicted octanol–water partition coefficient (Wildman–Crippen LogP) is -2.12. The van der Waals surface area contributed by atoms with Crippen LogP contribution in [0.25, 0.3) is 0 Å². The van der Waals surface area contributed by atoms with Gasteiger partial charge in [-0.15, -0.1) is 23.3 Å². The van der Waals surface area contributed by atoms with Gasteiger partial charge in [-0.05, 0) is 0 Å². The van der Waals surface area contributed by atoms with Gasteiger partial charge in [-0.2, -0.15) is 0 Å². The van der Waals surface area contributed by atoms with Gasteiger partial charge in [0.1, 0.15) is 0 Å². The van der Waals surface area contributed by atoms with E-state index in [4.69, 9.17) is 0 Å². The zero-order valence-electron chi connectivity index (χ0n) is 3.20. The van der Waals surface area contributed by atoms with Crippen molar-refractivity contribution in [1.82, 2.24) is 0 Å². The molecule has 0 amide bonds. The first kappa shape index (κ1) is 16.3. The second-order valence-electron chi connectivity index (χ2n) is 0. The molecule has 0 nitrogen and oxygen atoms in total. The summed E-state index contributed by atoms with van der Waals surface area (Å²) in [5.74, 6) is 0. The van der Waals surface area contributed by atoms with Gasteiger partial charge < -0.3 is 1.43 Å². The summed E-state index contributed by atoms with van der Waals surface area (Å²) in [6.07, 6.45) is 0. The minimum atomic E-state index is 0. The maximum Gasteiger partial charge on any atom is 1.00 e. The molecule has 0 aromatic carbocycles. The Balaban J connectivity index is -0.00000000167. The van der Waals surface area contributed by atoms with Crippen molar-refractivity contribution in [2.24, 2.45) is 0 Å². The zero-order chi connectivity index (χ0) is 2.00. The quantitative estimate of drug-likeness (QED) is 0.222. The Morgan fingerprint density at radius 1 is 1.25 bits per heavy atom. The molecule has 0 saturated heterocycles. The van der Waals surface area contributed by atoms with E-state index in [0.717, 1.165) is 0 Å². The fraction of sp³-hybridized carbons (Fsp3) is 0. The molecule has 0 heterocycles. The molecule has 0 unspecified atom stereocenters. The molecule has 0 aliphatic heterocycles. The summed E-state index contributed by atoms with van der Waals surface area (Å²) in [6, 6.07) is 0. The van der Waals surface area contributed by atoms with E-state index in [1.165, 1.54) is 0 Å². The van der Waals surface area contributed by atoms with Crippen LogP contribution in [0, 0.1) is 0 Å². The van der Waals surface area contributed by atoms with Crippen molar-refractivity contribution >= 4 is 23.3 Å². The molecule has 0 aliphatic rings. The third kappa shape index (κ3) is 8.88. The summed E-state index contributed by atoms with van der Waals surface area (Å²) in [6.45, 7) is 0. The summed E-state index contributed by atoms with van der Waals surface area (Å²) in [5.41, 5.74) is 0. The van der Waals surface area contributed by atoms with Gasteiger partial charge in [-0.1, -0.05) is 0 Å². The molecule has 1 radical (unpaired) electrons. The van der Waals surface area contributed by atoms with E-state index in [0.29, 0.717) is 0 Å². The molecule has 0 aliphatic carbocycles. The van der Waals surface area contributed by atoms with Gasteiger partial charge in [0.15, 0.2) is 0 Å². The van der Waals surface area contributed by atoms with Crippen molar-refractivity contribution in [1.29, 1.82) is 0 Å². The van der Waals surface area contributed by atoms with Gasteiger partial charge in [0, 0.05) is 17.1 Å². The summed E-state index contributed by atoms with van der Waals surface area (Å²) < 4.78 is 0. The summed E-state index contributed by atoms with van der Waals surface area (Å²) in [5, 5.41) is 0. The molecule has 0 spiro atoms. The Labute approximate surface area is 70.6 Å². The minimum Gasteiger partial charge on any atom is -1.00 e. The van der Waals surface area contributed by atoms with Crippen LogP contribution in [0.1, 0.15) is 1.43 Å². The van der Waals surface area contributed by atoms with Crippen molar-refractivity contribution in [2.75, 3.05) is 0 Å². The number of hydrogen-bond acceptors (Lipinski definition) is 2. The number of hydrogen-bond donors (Lipinski definition) is 2. The van der Waals surface area contributed by atoms with E-state index in [1.807, 2.05) is 0 Å². The molecule has 0 N–H and O–H groups in total. The Hall–Kier alpha value is 2.22. The molecular formula is H3CuNaS2. The van der Waals surface area contributed by atoms with Crippen LogP contribution in [0.5, 0.6) is 0 Å². The molecule has 0 aromatic heterocycles. The van der Waals surface area contributed by atoms with Gasteiger partial charge in [0.25, 0.3) is 0 Å². The molecule has 0 bridgehead atoms. The minimum absolute atomic E-state index is 0. The average Bonchev–Trinajstić information content (AvgIpc) is 1.00. The molecule has 0 fully saturated rings. The van der Waals surface area contributed by atoms with E-state index in [9.17, 15) is 0 Å². The Morgan fingerprint density at radius 3 is 1.25 bits per heavy atom. The molecule has 4 heavy (non-hydrogen) atoms. The molecular weight excluding hydrogens is 151 g/mol. The van der Waals surface area contributed by atoms with Gasteiger partial charge in [-0.25, -0.2) is 0 Å². The Morgan fingerprint density at radius 2 is 1.25 bits per heavy atom. The standard InChI is InChI=1S/Cu.Na.H2S2.H/c;;1-2;/h;;1-2H;/q;+1;;-1. The van der Waals surface area contributed by atoms with E-state index >= 15 is 0 Å². The third-order valence-electron chi connectivity index (χ3n) is 0. The monoisotopic (exact) mass is 153 g/mol. The molecule has 4 heteroatoms. The van der Waals surface area contributed by atoms with Gasteiger partial charge in [0.2, 0.25) is 0 Å². The Kier molecular flexibility index (Phi) is 77.1. The zero-order valence-corrected chi connectivity index (χ0v) is 6.93. The Bertz CT molecular complexity index is 9.61. The maximum atomic E-state index is 3.22. The van der Waals surface area contributed by atoms with E-state index < -0.39 is 0 Å². The summed E-state index contributed by atoms with van der Waals surface area (Å²) in [7, 11) is 0. The van der Waals surface area contributed by atoms with Gasteiger partial charge in [0.05, 0.1) is 0 Å². The van der Waals surface area contributed by atoms with Crippen LogP contribution in [0.3, 0.4) is 0 Å². The predicted molar refractivity (Wildman–Crippen MR) is 19.1 cm³/mol. The van der Waals surface area contributed by atoms with E-state index in [2.05, 4.69) is 23.3 Å². The number of thiol groups is 2. The third-order valence-corrected chi connectivity index (χ3v) is 0. The van der Waals surface area contributed by atoms with Crippen molar-refractivity contribution < 1.29 is 48.1 Å². The van der Waals surface area contributed by atoms with Gasteiger partial charge in [-0.3, -0.25) is 0 Å². The van der Waals surface area contributed by atoms with E-state index in [1.54, 1.807) is 0 Å². The average molecular weight is 154 g/mol. The van der Waals surface area contributed by atoms with Crippen LogP contribution in [-0.4, -0.2) is 0 Å². The van der Waals surface area contributed by atoms with Crippen LogP contribution in [0.15, 0.2) is 0 Å². The first-order valence-corrected chi connectivity index (χ1v) is 1.80. The van der Waals surface area contributed by atoms with E-state index in [-0.39, 0.29) is 48.1 Å². The fourth-order valence-electron chi connectivity index (χ4n) is 0. The van der Waals surface area contributed by atoms with Crippen LogP contribution in [0.2, 0.25) is 0 Å². The molecule has 0 rings (SSSR count). The van der Waals surface area contributed by atoms with Crippen molar-refractivity contribution in [3.63, 3.8) is 0 Å². The molecule has 0 aromatic rings. The summed E-state index contributed by atoms with van der Waals surface area (Å²) >= 11 is 6.44.